The summed E-state index contributed by atoms with van der Waals surface area (Å²) >= 11 is 0. The van der Waals surface area contributed by atoms with Crippen LogP contribution in [0.1, 0.15) is 28.5 Å². The SMILES string of the molecule is C/C(=N\NC(=O)c1ccccn1)c1ccc(C)cc1. The molecule has 0 aliphatic rings. The predicted octanol–water partition coefficient (Wildman–Crippen LogP) is 2.54. The van der Waals surface area contributed by atoms with Gasteiger partial charge in [0.2, 0.25) is 0 Å². The van der Waals surface area contributed by atoms with Gasteiger partial charge < -0.3 is 0 Å². The van der Waals surface area contributed by atoms with Gasteiger partial charge in [-0.3, -0.25) is 9.78 Å². The third-order valence-corrected chi connectivity index (χ3v) is 2.69. The van der Waals surface area contributed by atoms with E-state index < -0.39 is 0 Å². The third kappa shape index (κ3) is 3.48. The Morgan fingerprint density at radius 2 is 1.89 bits per heavy atom. The predicted molar refractivity (Wildman–Crippen MR) is 75.1 cm³/mol. The maximum Gasteiger partial charge on any atom is 0.289 e. The average Bonchev–Trinajstić information content (AvgIpc) is 2.46. The Morgan fingerprint density at radius 1 is 1.16 bits per heavy atom. The number of nitrogens with one attached hydrogen (secondary N) is 1. The maximum atomic E-state index is 11.8. The van der Waals surface area contributed by atoms with Gasteiger partial charge in [-0.1, -0.05) is 35.9 Å². The van der Waals surface area contributed by atoms with Crippen molar-refractivity contribution in [1.29, 1.82) is 0 Å². The number of rotatable bonds is 3. The van der Waals surface area contributed by atoms with Crippen LogP contribution in [0.3, 0.4) is 0 Å². The zero-order valence-corrected chi connectivity index (χ0v) is 10.9. The average molecular weight is 253 g/mol. The van der Waals surface area contributed by atoms with Crippen molar-refractivity contribution in [1.82, 2.24) is 10.4 Å². The van der Waals surface area contributed by atoms with Crippen LogP contribution in [0.2, 0.25) is 0 Å². The summed E-state index contributed by atoms with van der Waals surface area (Å²) in [6, 6.07) is 13.1. The molecule has 1 N–H and O–H groups in total. The first-order valence-corrected chi connectivity index (χ1v) is 5.99. The molecule has 0 unspecified atom stereocenters. The van der Waals surface area contributed by atoms with Crippen LogP contribution in [0.4, 0.5) is 0 Å². The molecule has 0 bridgehead atoms. The molecule has 0 spiro atoms. The highest BCUT2D eigenvalue weighted by Gasteiger charge is 2.04. The molecule has 2 aromatic rings. The van der Waals surface area contributed by atoms with Crippen molar-refractivity contribution in [3.63, 3.8) is 0 Å². The van der Waals surface area contributed by atoms with Crippen LogP contribution in [0, 0.1) is 6.92 Å². The number of hydrogen-bond acceptors (Lipinski definition) is 3. The van der Waals surface area contributed by atoms with E-state index >= 15 is 0 Å². The number of aryl methyl sites for hydroxylation is 1. The largest absolute Gasteiger partial charge is 0.289 e. The summed E-state index contributed by atoms with van der Waals surface area (Å²) < 4.78 is 0. The number of aromatic nitrogens is 1. The topological polar surface area (TPSA) is 54.4 Å². The minimum absolute atomic E-state index is 0.313. The Kier molecular flexibility index (Phi) is 4.03. The molecule has 96 valence electrons. The van der Waals surface area contributed by atoms with Crippen LogP contribution in [0.15, 0.2) is 53.8 Å². The molecule has 4 nitrogen and oxygen atoms in total. The van der Waals surface area contributed by atoms with Crippen molar-refractivity contribution in [2.75, 3.05) is 0 Å². The summed E-state index contributed by atoms with van der Waals surface area (Å²) in [7, 11) is 0. The first kappa shape index (κ1) is 13.0. The number of hydrogen-bond donors (Lipinski definition) is 1. The van der Waals surface area contributed by atoms with Crippen LogP contribution in [0.25, 0.3) is 0 Å². The zero-order chi connectivity index (χ0) is 13.7. The number of carbonyl (C=O) groups is 1. The summed E-state index contributed by atoms with van der Waals surface area (Å²) in [5, 5.41) is 4.08. The van der Waals surface area contributed by atoms with E-state index in [1.807, 2.05) is 38.1 Å². The Bertz CT molecular complexity index is 589. The minimum atomic E-state index is -0.313. The maximum absolute atomic E-state index is 11.8. The number of carbonyl (C=O) groups excluding carboxylic acids is 1. The molecule has 2 rings (SSSR count). The quantitative estimate of drug-likeness (QED) is 0.675. The molecule has 4 heteroatoms. The zero-order valence-electron chi connectivity index (χ0n) is 10.9. The van der Waals surface area contributed by atoms with E-state index in [-0.39, 0.29) is 5.91 Å². The number of nitrogens with zero attached hydrogens (tertiary/aromatic N) is 2. The molecule has 19 heavy (non-hydrogen) atoms. The number of benzene rings is 1. The van der Waals surface area contributed by atoms with E-state index in [1.54, 1.807) is 24.4 Å². The van der Waals surface area contributed by atoms with Gasteiger partial charge in [-0.25, -0.2) is 5.43 Å². The highest BCUT2D eigenvalue weighted by molar-refractivity contribution is 6.00. The molecule has 1 amide bonds. The van der Waals surface area contributed by atoms with E-state index in [4.69, 9.17) is 0 Å². The molecule has 0 aliphatic carbocycles. The minimum Gasteiger partial charge on any atom is -0.266 e. The fourth-order valence-electron chi connectivity index (χ4n) is 1.55. The Morgan fingerprint density at radius 3 is 2.53 bits per heavy atom. The monoisotopic (exact) mass is 253 g/mol. The number of amides is 1. The van der Waals surface area contributed by atoms with Crippen molar-refractivity contribution in [3.05, 3.63) is 65.5 Å². The van der Waals surface area contributed by atoms with Gasteiger partial charge in [-0.2, -0.15) is 5.10 Å². The van der Waals surface area contributed by atoms with E-state index in [1.165, 1.54) is 5.56 Å². The molecular formula is C15H15N3O. The Balaban J connectivity index is 2.06. The van der Waals surface area contributed by atoms with Crippen LogP contribution in [0.5, 0.6) is 0 Å². The van der Waals surface area contributed by atoms with Gasteiger partial charge >= 0.3 is 0 Å². The van der Waals surface area contributed by atoms with Gasteiger partial charge in [0.1, 0.15) is 5.69 Å². The van der Waals surface area contributed by atoms with Crippen molar-refractivity contribution in [3.8, 4) is 0 Å². The molecule has 0 atom stereocenters. The summed E-state index contributed by atoms with van der Waals surface area (Å²) in [6.07, 6.45) is 1.57. The first-order chi connectivity index (χ1) is 9.16. The normalized spacial score (nSPS) is 11.2. The molecule has 0 saturated carbocycles. The van der Waals surface area contributed by atoms with E-state index in [0.717, 1.165) is 11.3 Å². The standard InChI is InChI=1S/C15H15N3O/c1-11-6-8-13(9-7-11)12(2)17-18-15(19)14-5-3-4-10-16-14/h3-10H,1-2H3,(H,18,19)/b17-12+. The summed E-state index contributed by atoms with van der Waals surface area (Å²) in [6.45, 7) is 3.88. The highest BCUT2D eigenvalue weighted by Crippen LogP contribution is 2.04. The smallest absolute Gasteiger partial charge is 0.266 e. The lowest BCUT2D eigenvalue weighted by Crippen LogP contribution is -2.20. The second-order valence-electron chi connectivity index (χ2n) is 4.22. The second kappa shape index (κ2) is 5.91. The molecule has 1 heterocycles. The molecular weight excluding hydrogens is 238 g/mol. The van der Waals surface area contributed by atoms with E-state index in [0.29, 0.717) is 5.69 Å². The summed E-state index contributed by atoms with van der Waals surface area (Å²) in [5.74, 6) is -0.313. The number of pyridine rings is 1. The second-order valence-corrected chi connectivity index (χ2v) is 4.22. The van der Waals surface area contributed by atoms with Gasteiger partial charge in [-0.15, -0.1) is 0 Å². The summed E-state index contributed by atoms with van der Waals surface area (Å²) in [5.41, 5.74) is 5.77. The van der Waals surface area contributed by atoms with Crippen molar-refractivity contribution in [2.45, 2.75) is 13.8 Å². The number of hydrazone groups is 1. The van der Waals surface area contributed by atoms with Crippen molar-refractivity contribution in [2.24, 2.45) is 5.10 Å². The first-order valence-electron chi connectivity index (χ1n) is 5.99. The molecule has 1 aromatic carbocycles. The van der Waals surface area contributed by atoms with Gasteiger partial charge in [0.15, 0.2) is 0 Å². The fourth-order valence-corrected chi connectivity index (χ4v) is 1.55. The highest BCUT2D eigenvalue weighted by atomic mass is 16.2. The molecule has 0 aliphatic heterocycles. The van der Waals surface area contributed by atoms with Gasteiger partial charge in [0.05, 0.1) is 5.71 Å². The molecule has 0 saturated heterocycles. The Hall–Kier alpha value is -2.49. The van der Waals surface area contributed by atoms with E-state index in [9.17, 15) is 4.79 Å². The molecule has 0 fully saturated rings. The van der Waals surface area contributed by atoms with Crippen LogP contribution in [-0.4, -0.2) is 16.6 Å². The lowest BCUT2D eigenvalue weighted by Gasteiger charge is -2.03. The van der Waals surface area contributed by atoms with E-state index in [2.05, 4.69) is 15.5 Å². The van der Waals surface area contributed by atoms with Crippen molar-refractivity contribution >= 4 is 11.6 Å². The van der Waals surface area contributed by atoms with Gasteiger partial charge in [0, 0.05) is 6.20 Å². The Labute approximate surface area is 112 Å². The van der Waals surface area contributed by atoms with Gasteiger partial charge in [-0.05, 0) is 31.5 Å². The molecule has 0 radical (unpaired) electrons. The summed E-state index contributed by atoms with van der Waals surface area (Å²) in [4.78, 5) is 15.7. The van der Waals surface area contributed by atoms with Crippen LogP contribution in [-0.2, 0) is 0 Å². The lowest BCUT2D eigenvalue weighted by molar-refractivity contribution is 0.0950. The fraction of sp³-hybridized carbons (Fsp3) is 0.133. The lowest BCUT2D eigenvalue weighted by atomic mass is 10.1. The van der Waals surface area contributed by atoms with Crippen molar-refractivity contribution < 1.29 is 4.79 Å². The van der Waals surface area contributed by atoms with Crippen LogP contribution >= 0.6 is 0 Å². The van der Waals surface area contributed by atoms with Gasteiger partial charge in [0.25, 0.3) is 5.91 Å². The molecule has 1 aromatic heterocycles. The third-order valence-electron chi connectivity index (χ3n) is 2.69. The van der Waals surface area contributed by atoms with Crippen LogP contribution < -0.4 is 5.43 Å².